The van der Waals surface area contributed by atoms with Crippen LogP contribution in [0.4, 0.5) is 0 Å². The predicted octanol–water partition coefficient (Wildman–Crippen LogP) is 2.51. The third kappa shape index (κ3) is 3.20. The smallest absolute Gasteiger partial charge is 0.213 e. The number of aromatic nitrogens is 1. The van der Waals surface area contributed by atoms with Crippen LogP contribution in [-0.4, -0.2) is 17.6 Å². The molecule has 1 aromatic heterocycles. The second-order valence-electron chi connectivity index (χ2n) is 4.31. The van der Waals surface area contributed by atoms with E-state index in [1.165, 1.54) is 19.3 Å². The van der Waals surface area contributed by atoms with Crippen LogP contribution in [0.2, 0.25) is 0 Å². The minimum Gasteiger partial charge on any atom is -0.474 e. The summed E-state index contributed by atoms with van der Waals surface area (Å²) in [5.41, 5.74) is 1.06. The van der Waals surface area contributed by atoms with Gasteiger partial charge in [-0.15, -0.1) is 0 Å². The number of nitrogens with one attached hydrogen (secondary N) is 1. The molecule has 1 N–H and O–H groups in total. The lowest BCUT2D eigenvalue weighted by molar-refractivity contribution is 0.114. The van der Waals surface area contributed by atoms with Gasteiger partial charge in [0.1, 0.15) is 6.10 Å². The zero-order chi connectivity index (χ0) is 11.2. The quantitative estimate of drug-likeness (QED) is 0.748. The summed E-state index contributed by atoms with van der Waals surface area (Å²) in [6.45, 7) is 4.03. The first kappa shape index (κ1) is 11.4. The van der Waals surface area contributed by atoms with Crippen LogP contribution in [0, 0.1) is 0 Å². The third-order valence-electron chi connectivity index (χ3n) is 2.85. The van der Waals surface area contributed by atoms with E-state index in [-0.39, 0.29) is 0 Å². The molecule has 0 unspecified atom stereocenters. The molecule has 1 heterocycles. The molecule has 1 fully saturated rings. The van der Waals surface area contributed by atoms with Crippen molar-refractivity contribution >= 4 is 0 Å². The molecule has 3 heteroatoms. The summed E-state index contributed by atoms with van der Waals surface area (Å²) < 4.78 is 5.76. The van der Waals surface area contributed by atoms with Crippen molar-refractivity contribution in [1.29, 1.82) is 0 Å². The molecule has 2 rings (SSSR count). The Labute approximate surface area is 97.2 Å². The van der Waals surface area contributed by atoms with Gasteiger partial charge in [0.25, 0.3) is 0 Å². The molecule has 16 heavy (non-hydrogen) atoms. The van der Waals surface area contributed by atoms with Gasteiger partial charge in [0, 0.05) is 12.6 Å². The van der Waals surface area contributed by atoms with Crippen LogP contribution in [0.15, 0.2) is 18.2 Å². The fourth-order valence-electron chi connectivity index (χ4n) is 1.67. The molecule has 0 saturated heterocycles. The topological polar surface area (TPSA) is 34.1 Å². The third-order valence-corrected chi connectivity index (χ3v) is 2.85. The number of hydrogen-bond acceptors (Lipinski definition) is 3. The van der Waals surface area contributed by atoms with E-state index in [4.69, 9.17) is 4.74 Å². The largest absolute Gasteiger partial charge is 0.474 e. The molecule has 0 radical (unpaired) electrons. The first-order chi connectivity index (χ1) is 7.88. The molecule has 0 atom stereocenters. The first-order valence-electron chi connectivity index (χ1n) is 6.22. The fourth-order valence-corrected chi connectivity index (χ4v) is 1.67. The van der Waals surface area contributed by atoms with Crippen molar-refractivity contribution in [3.8, 4) is 5.88 Å². The van der Waals surface area contributed by atoms with Gasteiger partial charge in [-0.3, -0.25) is 0 Å². The van der Waals surface area contributed by atoms with Crippen LogP contribution in [0.5, 0.6) is 5.88 Å². The van der Waals surface area contributed by atoms with Gasteiger partial charge in [0.15, 0.2) is 0 Å². The summed E-state index contributed by atoms with van der Waals surface area (Å²) >= 11 is 0. The molecule has 0 bridgehead atoms. The van der Waals surface area contributed by atoms with Gasteiger partial charge in [-0.05, 0) is 38.3 Å². The van der Waals surface area contributed by atoms with Gasteiger partial charge in [-0.25, -0.2) is 4.98 Å². The Morgan fingerprint density at radius 2 is 2.31 bits per heavy atom. The summed E-state index contributed by atoms with van der Waals surface area (Å²) in [6, 6.07) is 6.00. The van der Waals surface area contributed by atoms with E-state index < -0.39 is 0 Å². The van der Waals surface area contributed by atoms with E-state index in [9.17, 15) is 0 Å². The molecular weight excluding hydrogens is 200 g/mol. The normalized spacial score (nSPS) is 15.8. The molecule has 1 aromatic rings. The number of hydrogen-bond donors (Lipinski definition) is 1. The Morgan fingerprint density at radius 3 is 3.00 bits per heavy atom. The van der Waals surface area contributed by atoms with E-state index in [1.54, 1.807) is 0 Å². The van der Waals surface area contributed by atoms with Crippen molar-refractivity contribution in [3.05, 3.63) is 23.9 Å². The molecule has 88 valence electrons. The molecule has 0 aliphatic heterocycles. The Balaban J connectivity index is 1.85. The highest BCUT2D eigenvalue weighted by molar-refractivity contribution is 5.16. The van der Waals surface area contributed by atoms with Crippen molar-refractivity contribution in [2.75, 3.05) is 6.54 Å². The average molecular weight is 220 g/mol. The van der Waals surface area contributed by atoms with E-state index in [1.807, 2.05) is 18.2 Å². The van der Waals surface area contributed by atoms with E-state index in [2.05, 4.69) is 17.2 Å². The van der Waals surface area contributed by atoms with Crippen LogP contribution in [-0.2, 0) is 6.54 Å². The summed E-state index contributed by atoms with van der Waals surface area (Å²) in [6.07, 6.45) is 5.21. The minimum absolute atomic E-state index is 0.409. The van der Waals surface area contributed by atoms with Gasteiger partial charge in [-0.2, -0.15) is 0 Å². The monoisotopic (exact) mass is 220 g/mol. The summed E-state index contributed by atoms with van der Waals surface area (Å²) in [5.74, 6) is 0.778. The Hall–Kier alpha value is -1.09. The van der Waals surface area contributed by atoms with E-state index in [0.29, 0.717) is 6.10 Å². The van der Waals surface area contributed by atoms with Crippen LogP contribution < -0.4 is 10.1 Å². The lowest BCUT2D eigenvalue weighted by Gasteiger charge is -2.25. The van der Waals surface area contributed by atoms with Crippen LogP contribution >= 0.6 is 0 Å². The second kappa shape index (κ2) is 5.85. The Kier molecular flexibility index (Phi) is 4.17. The number of pyridine rings is 1. The summed E-state index contributed by atoms with van der Waals surface area (Å²) in [7, 11) is 0. The predicted molar refractivity (Wildman–Crippen MR) is 64.5 cm³/mol. The Bertz CT molecular complexity index is 323. The van der Waals surface area contributed by atoms with E-state index in [0.717, 1.165) is 31.1 Å². The molecule has 0 aromatic carbocycles. The fraction of sp³-hybridized carbons (Fsp3) is 0.615. The van der Waals surface area contributed by atoms with Gasteiger partial charge < -0.3 is 10.1 Å². The zero-order valence-electron chi connectivity index (χ0n) is 9.91. The molecule has 1 saturated carbocycles. The highest BCUT2D eigenvalue weighted by Gasteiger charge is 2.19. The van der Waals surface area contributed by atoms with Crippen molar-refractivity contribution in [2.45, 2.75) is 45.3 Å². The average Bonchev–Trinajstić information content (AvgIpc) is 2.25. The molecule has 1 aliphatic carbocycles. The van der Waals surface area contributed by atoms with Gasteiger partial charge in [-0.1, -0.05) is 13.0 Å². The zero-order valence-corrected chi connectivity index (χ0v) is 9.91. The molecule has 0 amide bonds. The summed E-state index contributed by atoms with van der Waals surface area (Å²) in [4.78, 5) is 4.48. The van der Waals surface area contributed by atoms with Crippen LogP contribution in [0.1, 0.15) is 38.3 Å². The number of nitrogens with zero attached hydrogens (tertiary/aromatic N) is 1. The van der Waals surface area contributed by atoms with Crippen molar-refractivity contribution in [3.63, 3.8) is 0 Å². The van der Waals surface area contributed by atoms with Crippen molar-refractivity contribution in [2.24, 2.45) is 0 Å². The van der Waals surface area contributed by atoms with Crippen LogP contribution in [0.25, 0.3) is 0 Å². The van der Waals surface area contributed by atoms with Crippen molar-refractivity contribution < 1.29 is 4.74 Å². The minimum atomic E-state index is 0.409. The maximum Gasteiger partial charge on any atom is 0.213 e. The maximum absolute atomic E-state index is 5.76. The van der Waals surface area contributed by atoms with Crippen molar-refractivity contribution in [1.82, 2.24) is 10.3 Å². The van der Waals surface area contributed by atoms with Gasteiger partial charge in [0.2, 0.25) is 5.88 Å². The molecule has 3 nitrogen and oxygen atoms in total. The molecule has 1 aliphatic rings. The number of rotatable bonds is 6. The highest BCUT2D eigenvalue weighted by atomic mass is 16.5. The first-order valence-corrected chi connectivity index (χ1v) is 6.22. The SMILES string of the molecule is CCCNCc1cccc(OC2CCC2)n1. The highest BCUT2D eigenvalue weighted by Crippen LogP contribution is 2.23. The molecule has 0 spiro atoms. The second-order valence-corrected chi connectivity index (χ2v) is 4.31. The maximum atomic E-state index is 5.76. The summed E-state index contributed by atoms with van der Waals surface area (Å²) in [5, 5.41) is 3.34. The van der Waals surface area contributed by atoms with E-state index >= 15 is 0 Å². The van der Waals surface area contributed by atoms with Gasteiger partial charge >= 0.3 is 0 Å². The standard InChI is InChI=1S/C13H20N2O/c1-2-9-14-10-11-5-3-8-13(15-11)16-12-6-4-7-12/h3,5,8,12,14H,2,4,6-7,9-10H2,1H3. The number of ether oxygens (including phenoxy) is 1. The lowest BCUT2D eigenvalue weighted by atomic mass is 9.96. The molecular formula is C13H20N2O. The van der Waals surface area contributed by atoms with Crippen LogP contribution in [0.3, 0.4) is 0 Å². The van der Waals surface area contributed by atoms with Gasteiger partial charge in [0.05, 0.1) is 5.69 Å². The lowest BCUT2D eigenvalue weighted by Crippen LogP contribution is -2.25. The Morgan fingerprint density at radius 1 is 1.44 bits per heavy atom.